The average molecular weight is 514 g/mol. The Kier molecular flexibility index (Phi) is 6.57. The molecule has 3 aliphatic rings. The molecule has 1 fully saturated rings. The molecule has 2 aromatic heterocycles. The highest BCUT2D eigenvalue weighted by molar-refractivity contribution is 5.96. The van der Waals surface area contributed by atoms with Crippen molar-refractivity contribution < 1.29 is 18.7 Å². The van der Waals surface area contributed by atoms with Crippen molar-refractivity contribution >= 4 is 22.8 Å². The fourth-order valence-corrected chi connectivity index (χ4v) is 5.42. The smallest absolute Gasteiger partial charge is 0.289 e. The van der Waals surface area contributed by atoms with Crippen LogP contribution in [-0.2, 0) is 24.2 Å². The molecule has 1 N–H and O–H groups in total. The van der Waals surface area contributed by atoms with Crippen LogP contribution in [0.15, 0.2) is 65.2 Å². The molecule has 7 rings (SSSR count). The van der Waals surface area contributed by atoms with Crippen molar-refractivity contribution in [3.8, 4) is 5.75 Å². The zero-order chi connectivity index (χ0) is 26.0. The summed E-state index contributed by atoms with van der Waals surface area (Å²) in [4.78, 5) is 28.7. The number of rotatable bonds is 1. The van der Waals surface area contributed by atoms with E-state index in [4.69, 9.17) is 9.15 Å². The van der Waals surface area contributed by atoms with Crippen LogP contribution in [-0.4, -0.2) is 57.9 Å². The summed E-state index contributed by atoms with van der Waals surface area (Å²) in [5.41, 5.74) is 1.96. The number of hydrogen-bond donors (Lipinski definition) is 1. The molecule has 1 spiro atoms. The SMILES string of the molecule is O=C(c1cc2ccccc2o1)N1CCC2(CC1)Cc1cn(nn1)CCCOc1ccc(cc1)CCNC2=O. The third kappa shape index (κ3) is 5.01. The third-order valence-electron chi connectivity index (χ3n) is 7.65. The Labute approximate surface area is 220 Å². The standard InChI is InChI=1S/C29H31N5O4/c35-27(26-18-22-4-1-2-5-25(22)38-26)33-15-11-29(12-16-33)19-23-20-34(32-31-23)14-3-17-37-24-8-6-21(7-9-24)10-13-30-28(29)36/h1-2,4-9,18,20H,3,10-17,19H2,(H,30,36). The summed E-state index contributed by atoms with van der Waals surface area (Å²) < 4.78 is 13.5. The summed E-state index contributed by atoms with van der Waals surface area (Å²) in [5, 5.41) is 12.7. The summed E-state index contributed by atoms with van der Waals surface area (Å²) in [7, 11) is 0. The predicted molar refractivity (Wildman–Crippen MR) is 141 cm³/mol. The Morgan fingerprint density at radius 1 is 1.03 bits per heavy atom. The molecular weight excluding hydrogens is 482 g/mol. The topological polar surface area (TPSA) is 102 Å². The predicted octanol–water partition coefficient (Wildman–Crippen LogP) is 3.63. The molecule has 0 atom stereocenters. The number of furan rings is 1. The van der Waals surface area contributed by atoms with Crippen LogP contribution in [0, 0.1) is 5.41 Å². The second kappa shape index (κ2) is 10.3. The number of aromatic nitrogens is 3. The van der Waals surface area contributed by atoms with E-state index in [9.17, 15) is 9.59 Å². The number of amides is 2. The van der Waals surface area contributed by atoms with Gasteiger partial charge in [0.05, 0.1) is 17.7 Å². The third-order valence-corrected chi connectivity index (χ3v) is 7.65. The molecular formula is C29H31N5O4. The van der Waals surface area contributed by atoms with Gasteiger partial charge >= 0.3 is 0 Å². The van der Waals surface area contributed by atoms with Crippen molar-refractivity contribution in [2.45, 2.75) is 38.6 Å². The molecule has 9 heteroatoms. The van der Waals surface area contributed by atoms with Crippen LogP contribution < -0.4 is 10.1 Å². The summed E-state index contributed by atoms with van der Waals surface area (Å²) in [6.45, 7) is 2.75. The highest BCUT2D eigenvalue weighted by Crippen LogP contribution is 2.36. The van der Waals surface area contributed by atoms with Crippen LogP contribution in [0.25, 0.3) is 11.0 Å². The maximum Gasteiger partial charge on any atom is 0.289 e. The van der Waals surface area contributed by atoms with Crippen LogP contribution in [0.1, 0.15) is 41.1 Å². The first-order chi connectivity index (χ1) is 18.6. The number of benzene rings is 2. The zero-order valence-corrected chi connectivity index (χ0v) is 21.3. The molecule has 38 heavy (non-hydrogen) atoms. The van der Waals surface area contributed by atoms with Crippen LogP contribution in [0.5, 0.6) is 5.75 Å². The largest absolute Gasteiger partial charge is 0.494 e. The van der Waals surface area contributed by atoms with E-state index in [1.165, 1.54) is 0 Å². The van der Waals surface area contributed by atoms with Gasteiger partial charge in [-0.3, -0.25) is 14.3 Å². The number of likely N-dealkylation sites (tertiary alicyclic amines) is 1. The molecule has 0 unspecified atom stereocenters. The van der Waals surface area contributed by atoms with Crippen molar-refractivity contribution in [3.63, 3.8) is 0 Å². The van der Waals surface area contributed by atoms with E-state index in [1.807, 2.05) is 59.4 Å². The van der Waals surface area contributed by atoms with Gasteiger partial charge in [-0.2, -0.15) is 0 Å². The zero-order valence-electron chi connectivity index (χ0n) is 21.3. The number of carbonyl (C=O) groups excluding carboxylic acids is 2. The number of piperidine rings is 1. The summed E-state index contributed by atoms with van der Waals surface area (Å²) in [5.74, 6) is 1.03. The van der Waals surface area contributed by atoms with Crippen LogP contribution in [0.2, 0.25) is 0 Å². The maximum absolute atomic E-state index is 13.7. The van der Waals surface area contributed by atoms with Gasteiger partial charge in [-0.05, 0) is 49.1 Å². The molecule has 196 valence electrons. The van der Waals surface area contributed by atoms with Gasteiger partial charge in [-0.15, -0.1) is 5.10 Å². The van der Waals surface area contributed by atoms with Gasteiger partial charge in [0.15, 0.2) is 5.76 Å². The average Bonchev–Trinajstić information content (AvgIpc) is 3.58. The van der Waals surface area contributed by atoms with Crippen molar-refractivity contribution in [1.29, 1.82) is 0 Å². The number of para-hydroxylation sites is 1. The van der Waals surface area contributed by atoms with Crippen LogP contribution in [0.3, 0.4) is 0 Å². The monoisotopic (exact) mass is 513 g/mol. The Hall–Kier alpha value is -4.14. The Morgan fingerprint density at radius 3 is 2.66 bits per heavy atom. The van der Waals surface area contributed by atoms with Crippen LogP contribution >= 0.6 is 0 Å². The highest BCUT2D eigenvalue weighted by Gasteiger charge is 2.43. The van der Waals surface area contributed by atoms with Crippen molar-refractivity contribution in [1.82, 2.24) is 25.2 Å². The molecule has 4 aromatic rings. The van der Waals surface area contributed by atoms with Crippen molar-refractivity contribution in [2.24, 2.45) is 5.41 Å². The molecule has 4 bridgehead atoms. The number of nitrogens with zero attached hydrogens (tertiary/aromatic N) is 4. The fraction of sp³-hybridized carbons (Fsp3) is 0.379. The first kappa shape index (κ1) is 24.2. The first-order valence-electron chi connectivity index (χ1n) is 13.2. The van der Waals surface area contributed by atoms with Gasteiger partial charge in [-0.1, -0.05) is 35.5 Å². The number of hydrogen-bond acceptors (Lipinski definition) is 6. The van der Waals surface area contributed by atoms with Gasteiger partial charge in [0.2, 0.25) is 5.91 Å². The minimum atomic E-state index is -0.660. The maximum atomic E-state index is 13.7. The van der Waals surface area contributed by atoms with Gasteiger partial charge in [0.25, 0.3) is 5.91 Å². The Balaban J connectivity index is 1.20. The summed E-state index contributed by atoms with van der Waals surface area (Å²) in [6, 6.07) is 17.4. The summed E-state index contributed by atoms with van der Waals surface area (Å²) in [6.07, 6.45) is 5.02. The molecule has 2 aromatic carbocycles. The van der Waals surface area contributed by atoms with Gasteiger partial charge < -0.3 is 19.4 Å². The van der Waals surface area contributed by atoms with Crippen LogP contribution in [0.4, 0.5) is 0 Å². The molecule has 3 aliphatic heterocycles. The van der Waals surface area contributed by atoms with E-state index in [2.05, 4.69) is 15.6 Å². The Bertz CT molecular complexity index is 1400. The number of nitrogens with one attached hydrogen (secondary N) is 1. The molecule has 9 nitrogen and oxygen atoms in total. The van der Waals surface area contributed by atoms with Crippen molar-refractivity contribution in [2.75, 3.05) is 26.2 Å². The van der Waals surface area contributed by atoms with E-state index >= 15 is 0 Å². The number of ether oxygens (including phenoxy) is 1. The minimum Gasteiger partial charge on any atom is -0.494 e. The quantitative estimate of drug-likeness (QED) is 0.417. The highest BCUT2D eigenvalue weighted by atomic mass is 16.5. The van der Waals surface area contributed by atoms with E-state index in [0.29, 0.717) is 63.4 Å². The second-order valence-electron chi connectivity index (χ2n) is 10.2. The molecule has 1 saturated heterocycles. The normalized spacial score (nSPS) is 18.2. The van der Waals surface area contributed by atoms with Gasteiger partial charge in [0, 0.05) is 50.6 Å². The number of aryl methyl sites for hydroxylation is 1. The van der Waals surface area contributed by atoms with Crippen molar-refractivity contribution in [3.05, 3.63) is 77.8 Å². The lowest BCUT2D eigenvalue weighted by Gasteiger charge is -2.40. The molecule has 0 saturated carbocycles. The molecule has 0 aliphatic carbocycles. The first-order valence-corrected chi connectivity index (χ1v) is 13.2. The second-order valence-corrected chi connectivity index (χ2v) is 10.2. The summed E-state index contributed by atoms with van der Waals surface area (Å²) >= 11 is 0. The van der Waals surface area contributed by atoms with E-state index in [0.717, 1.165) is 35.2 Å². The Morgan fingerprint density at radius 2 is 1.84 bits per heavy atom. The lowest BCUT2D eigenvalue weighted by molar-refractivity contribution is -0.133. The number of carbonyl (C=O) groups is 2. The van der Waals surface area contributed by atoms with Gasteiger partial charge in [-0.25, -0.2) is 0 Å². The lowest BCUT2D eigenvalue weighted by Crippen LogP contribution is -2.51. The molecule has 2 amide bonds. The fourth-order valence-electron chi connectivity index (χ4n) is 5.42. The number of fused-ring (bicyclic) bond motifs is 9. The molecule has 0 radical (unpaired) electrons. The molecule has 5 heterocycles. The van der Waals surface area contributed by atoms with E-state index in [1.54, 1.807) is 11.0 Å². The van der Waals surface area contributed by atoms with Gasteiger partial charge in [0.1, 0.15) is 11.3 Å². The van der Waals surface area contributed by atoms with E-state index < -0.39 is 5.41 Å². The van der Waals surface area contributed by atoms with E-state index in [-0.39, 0.29) is 11.8 Å². The minimum absolute atomic E-state index is 0.00663. The lowest BCUT2D eigenvalue weighted by atomic mass is 9.74.